The molecule has 0 aromatic carbocycles. The number of terminal acetylenes is 1. The van der Waals surface area contributed by atoms with Crippen LogP contribution in [-0.4, -0.2) is 23.6 Å². The van der Waals surface area contributed by atoms with Crippen LogP contribution in [0.4, 0.5) is 0 Å². The van der Waals surface area contributed by atoms with Crippen molar-refractivity contribution in [3.63, 3.8) is 0 Å². The minimum absolute atomic E-state index is 0.213. The van der Waals surface area contributed by atoms with E-state index < -0.39 is 0 Å². The van der Waals surface area contributed by atoms with E-state index >= 15 is 0 Å². The van der Waals surface area contributed by atoms with Crippen molar-refractivity contribution in [2.45, 2.75) is 43.4 Å². The van der Waals surface area contributed by atoms with Crippen molar-refractivity contribution in [3.8, 4) is 12.3 Å². The lowest BCUT2D eigenvalue weighted by atomic mass is 10.1. The highest BCUT2D eigenvalue weighted by Crippen LogP contribution is 2.39. The zero-order valence-electron chi connectivity index (χ0n) is 8.60. The van der Waals surface area contributed by atoms with Crippen molar-refractivity contribution in [3.05, 3.63) is 0 Å². The lowest BCUT2D eigenvalue weighted by Gasteiger charge is -2.27. The van der Waals surface area contributed by atoms with Crippen LogP contribution in [0.3, 0.4) is 0 Å². The summed E-state index contributed by atoms with van der Waals surface area (Å²) in [5.41, 5.74) is 0. The Bertz CT molecular complexity index is 189. The number of hydrogen-bond acceptors (Lipinski definition) is 2. The Morgan fingerprint density at radius 2 is 2.15 bits per heavy atom. The maximum absolute atomic E-state index is 5.32. The molecule has 1 aliphatic carbocycles. The second kappa shape index (κ2) is 4.93. The van der Waals surface area contributed by atoms with Crippen LogP contribution in [0.2, 0.25) is 0 Å². The Balaban J connectivity index is 2.36. The van der Waals surface area contributed by atoms with Gasteiger partial charge >= 0.3 is 0 Å². The quantitative estimate of drug-likeness (QED) is 0.694. The van der Waals surface area contributed by atoms with Gasteiger partial charge in [-0.25, -0.2) is 0 Å². The molecule has 0 bridgehead atoms. The van der Waals surface area contributed by atoms with Crippen LogP contribution in [0.15, 0.2) is 0 Å². The van der Waals surface area contributed by atoms with Crippen molar-refractivity contribution >= 4 is 11.8 Å². The first kappa shape index (κ1) is 10.9. The predicted octanol–water partition coefficient (Wildman–Crippen LogP) is 2.27. The predicted molar refractivity (Wildman–Crippen MR) is 61.0 cm³/mol. The Kier molecular flexibility index (Phi) is 4.15. The molecule has 1 unspecified atom stereocenters. The van der Waals surface area contributed by atoms with Gasteiger partial charge in [0.2, 0.25) is 0 Å². The van der Waals surface area contributed by atoms with Crippen molar-refractivity contribution in [2.24, 2.45) is 0 Å². The van der Waals surface area contributed by atoms with Crippen LogP contribution < -0.4 is 5.32 Å². The highest BCUT2D eigenvalue weighted by Gasteiger charge is 2.32. The molecule has 1 fully saturated rings. The third kappa shape index (κ3) is 2.93. The molecule has 74 valence electrons. The van der Waals surface area contributed by atoms with E-state index in [1.54, 1.807) is 0 Å². The maximum Gasteiger partial charge on any atom is 0.0658 e. The molecular formula is C11H19NS. The van der Waals surface area contributed by atoms with E-state index in [2.05, 4.69) is 17.5 Å². The summed E-state index contributed by atoms with van der Waals surface area (Å²) in [6, 6.07) is 0.213. The molecule has 0 heterocycles. The lowest BCUT2D eigenvalue weighted by Crippen LogP contribution is -2.38. The average molecular weight is 197 g/mol. The SMILES string of the molecule is C#CC(C)NCC1(SC)CCCC1. The van der Waals surface area contributed by atoms with Crippen LogP contribution in [0.5, 0.6) is 0 Å². The molecule has 0 aromatic rings. The molecule has 1 aliphatic rings. The van der Waals surface area contributed by atoms with Gasteiger partial charge in [0.1, 0.15) is 0 Å². The zero-order valence-corrected chi connectivity index (χ0v) is 9.41. The van der Waals surface area contributed by atoms with Gasteiger partial charge in [-0.2, -0.15) is 11.8 Å². The second-order valence-electron chi connectivity index (χ2n) is 3.86. The van der Waals surface area contributed by atoms with Gasteiger partial charge in [-0.1, -0.05) is 18.8 Å². The molecule has 1 rings (SSSR count). The monoisotopic (exact) mass is 197 g/mol. The molecule has 0 aliphatic heterocycles. The van der Waals surface area contributed by atoms with Crippen LogP contribution in [0.25, 0.3) is 0 Å². The standard InChI is InChI=1S/C11H19NS/c1-4-10(2)12-9-11(13-3)7-5-6-8-11/h1,10,12H,5-9H2,2-3H3. The second-order valence-corrected chi connectivity index (χ2v) is 5.14. The van der Waals surface area contributed by atoms with Gasteiger partial charge in [0.25, 0.3) is 0 Å². The Morgan fingerprint density at radius 3 is 2.62 bits per heavy atom. The molecule has 0 radical (unpaired) electrons. The molecule has 1 atom stereocenters. The Hall–Kier alpha value is -0.130. The summed E-state index contributed by atoms with van der Waals surface area (Å²) in [5, 5.41) is 3.41. The average Bonchev–Trinajstić information content (AvgIpc) is 2.63. The first-order chi connectivity index (χ1) is 6.22. The molecule has 1 saturated carbocycles. The van der Waals surface area contributed by atoms with Crippen LogP contribution in [-0.2, 0) is 0 Å². The van der Waals surface area contributed by atoms with E-state index in [1.807, 2.05) is 18.7 Å². The number of thioether (sulfide) groups is 1. The fraction of sp³-hybridized carbons (Fsp3) is 0.818. The summed E-state index contributed by atoms with van der Waals surface area (Å²) in [6.07, 6.45) is 13.0. The summed E-state index contributed by atoms with van der Waals surface area (Å²) in [4.78, 5) is 0. The molecule has 2 heteroatoms. The van der Waals surface area contributed by atoms with E-state index in [1.165, 1.54) is 25.7 Å². The van der Waals surface area contributed by atoms with Crippen LogP contribution >= 0.6 is 11.8 Å². The van der Waals surface area contributed by atoms with Gasteiger partial charge in [-0.3, -0.25) is 0 Å². The molecule has 1 N–H and O–H groups in total. The zero-order chi connectivity index (χ0) is 9.73. The number of hydrogen-bond donors (Lipinski definition) is 1. The van der Waals surface area contributed by atoms with E-state index in [9.17, 15) is 0 Å². The molecule has 1 nitrogen and oxygen atoms in total. The largest absolute Gasteiger partial charge is 0.303 e. The van der Waals surface area contributed by atoms with Crippen molar-refractivity contribution in [1.29, 1.82) is 0 Å². The minimum atomic E-state index is 0.213. The van der Waals surface area contributed by atoms with Gasteiger partial charge in [-0.05, 0) is 26.0 Å². The fourth-order valence-corrected chi connectivity index (χ4v) is 2.80. The molecule has 0 spiro atoms. The molecule has 0 aromatic heterocycles. The smallest absolute Gasteiger partial charge is 0.0658 e. The molecular weight excluding hydrogens is 178 g/mol. The molecule has 13 heavy (non-hydrogen) atoms. The van der Waals surface area contributed by atoms with Gasteiger partial charge in [0.15, 0.2) is 0 Å². The van der Waals surface area contributed by atoms with E-state index in [4.69, 9.17) is 6.42 Å². The van der Waals surface area contributed by atoms with E-state index in [-0.39, 0.29) is 6.04 Å². The summed E-state index contributed by atoms with van der Waals surface area (Å²) in [5.74, 6) is 2.71. The number of nitrogens with one attached hydrogen (secondary N) is 1. The van der Waals surface area contributed by atoms with Crippen molar-refractivity contribution < 1.29 is 0 Å². The topological polar surface area (TPSA) is 12.0 Å². The molecule has 0 amide bonds. The van der Waals surface area contributed by atoms with E-state index in [0.29, 0.717) is 4.75 Å². The lowest BCUT2D eigenvalue weighted by molar-refractivity contribution is 0.519. The normalized spacial score (nSPS) is 22.5. The summed E-state index contributed by atoms with van der Waals surface area (Å²) in [6.45, 7) is 3.11. The summed E-state index contributed by atoms with van der Waals surface area (Å²) < 4.78 is 0.477. The molecule has 0 saturated heterocycles. The number of rotatable bonds is 4. The van der Waals surface area contributed by atoms with Gasteiger partial charge in [0, 0.05) is 11.3 Å². The van der Waals surface area contributed by atoms with Gasteiger partial charge < -0.3 is 5.32 Å². The third-order valence-corrected chi connectivity index (χ3v) is 4.35. The van der Waals surface area contributed by atoms with Crippen molar-refractivity contribution in [1.82, 2.24) is 5.32 Å². The van der Waals surface area contributed by atoms with Gasteiger partial charge in [-0.15, -0.1) is 6.42 Å². The highest BCUT2D eigenvalue weighted by molar-refractivity contribution is 8.00. The maximum atomic E-state index is 5.32. The van der Waals surface area contributed by atoms with Crippen LogP contribution in [0.1, 0.15) is 32.6 Å². The Labute approximate surface area is 86.1 Å². The summed E-state index contributed by atoms with van der Waals surface area (Å²) in [7, 11) is 0. The first-order valence-corrected chi connectivity index (χ1v) is 6.19. The Morgan fingerprint density at radius 1 is 1.54 bits per heavy atom. The third-order valence-electron chi connectivity index (χ3n) is 2.93. The highest BCUT2D eigenvalue weighted by atomic mass is 32.2. The van der Waals surface area contributed by atoms with Crippen molar-refractivity contribution in [2.75, 3.05) is 12.8 Å². The van der Waals surface area contributed by atoms with Crippen LogP contribution in [0, 0.1) is 12.3 Å². The fourth-order valence-electron chi connectivity index (χ4n) is 1.87. The van der Waals surface area contributed by atoms with Gasteiger partial charge in [0.05, 0.1) is 6.04 Å². The first-order valence-electron chi connectivity index (χ1n) is 4.97. The minimum Gasteiger partial charge on any atom is -0.303 e. The van der Waals surface area contributed by atoms with E-state index in [0.717, 1.165) is 6.54 Å². The summed E-state index contributed by atoms with van der Waals surface area (Å²) >= 11 is 2.00.